The predicted molar refractivity (Wildman–Crippen MR) is 117 cm³/mol. The fourth-order valence-corrected chi connectivity index (χ4v) is 3.38. The van der Waals surface area contributed by atoms with Gasteiger partial charge in [0.1, 0.15) is 17.2 Å². The van der Waals surface area contributed by atoms with Crippen molar-refractivity contribution in [2.45, 2.75) is 32.9 Å². The van der Waals surface area contributed by atoms with E-state index in [4.69, 9.17) is 9.15 Å². The molecule has 3 rings (SSSR count). The number of methoxy groups -OCH3 is 1. The summed E-state index contributed by atoms with van der Waals surface area (Å²) in [6.45, 7) is 3.95. The minimum absolute atomic E-state index is 0.00425. The van der Waals surface area contributed by atoms with Gasteiger partial charge >= 0.3 is 12.0 Å². The SMILES string of the molecule is CC[C@@H](C)Oc1ccc(/C=C2\NC(=O)N(Cc3ccc(C(=O)OC)o3)C2=O)cc1I. The molecular weight excluding hydrogens is 503 g/mol. The number of hydrogen-bond acceptors (Lipinski definition) is 6. The number of nitrogens with one attached hydrogen (secondary N) is 1. The van der Waals surface area contributed by atoms with E-state index in [1.54, 1.807) is 6.08 Å². The quantitative estimate of drug-likeness (QED) is 0.255. The number of imide groups is 1. The van der Waals surface area contributed by atoms with E-state index in [1.807, 2.05) is 25.1 Å². The van der Waals surface area contributed by atoms with Gasteiger partial charge in [0.15, 0.2) is 0 Å². The molecule has 30 heavy (non-hydrogen) atoms. The van der Waals surface area contributed by atoms with Crippen molar-refractivity contribution < 1.29 is 28.3 Å². The molecule has 0 radical (unpaired) electrons. The van der Waals surface area contributed by atoms with Crippen LogP contribution in [-0.2, 0) is 16.1 Å². The van der Waals surface area contributed by atoms with Crippen LogP contribution < -0.4 is 10.1 Å². The Morgan fingerprint density at radius 3 is 2.73 bits per heavy atom. The van der Waals surface area contributed by atoms with Gasteiger partial charge in [0.05, 0.1) is 23.3 Å². The van der Waals surface area contributed by atoms with Gasteiger partial charge in [-0.3, -0.25) is 9.69 Å². The standard InChI is InChI=1S/C21H21IN2O6/c1-4-12(2)29-17-7-5-13(9-15(17)22)10-16-19(25)24(21(27)23-16)11-14-6-8-18(30-14)20(26)28-3/h5-10,12H,4,11H2,1-3H3,(H,23,27)/b16-10-/t12-/m1/s1. The van der Waals surface area contributed by atoms with E-state index >= 15 is 0 Å². The summed E-state index contributed by atoms with van der Waals surface area (Å²) >= 11 is 2.17. The van der Waals surface area contributed by atoms with Gasteiger partial charge in [-0.1, -0.05) is 13.0 Å². The predicted octanol–water partition coefficient (Wildman–Crippen LogP) is 3.94. The molecule has 3 amide bonds. The molecule has 1 aromatic carbocycles. The van der Waals surface area contributed by atoms with Crippen LogP contribution in [0.1, 0.15) is 42.1 Å². The highest BCUT2D eigenvalue weighted by Crippen LogP contribution is 2.25. The molecule has 0 spiro atoms. The van der Waals surface area contributed by atoms with Gasteiger partial charge in [0.25, 0.3) is 5.91 Å². The van der Waals surface area contributed by atoms with Gasteiger partial charge in [-0.15, -0.1) is 0 Å². The highest BCUT2D eigenvalue weighted by molar-refractivity contribution is 14.1. The molecule has 0 saturated carbocycles. The average Bonchev–Trinajstić information content (AvgIpc) is 3.30. The second-order valence-corrected chi connectivity index (χ2v) is 7.83. The van der Waals surface area contributed by atoms with Crippen LogP contribution in [-0.4, -0.2) is 36.0 Å². The van der Waals surface area contributed by atoms with Crippen LogP contribution in [0.3, 0.4) is 0 Å². The van der Waals surface area contributed by atoms with Crippen molar-refractivity contribution in [1.29, 1.82) is 0 Å². The third-order valence-corrected chi connectivity index (χ3v) is 5.34. The number of amides is 3. The molecular formula is C21H21IN2O6. The van der Waals surface area contributed by atoms with Gasteiger partial charge < -0.3 is 19.2 Å². The lowest BCUT2D eigenvalue weighted by Crippen LogP contribution is -2.30. The van der Waals surface area contributed by atoms with Gasteiger partial charge in [0.2, 0.25) is 5.76 Å². The highest BCUT2D eigenvalue weighted by Gasteiger charge is 2.34. The molecule has 1 aliphatic rings. The van der Waals surface area contributed by atoms with Crippen molar-refractivity contribution in [1.82, 2.24) is 10.2 Å². The van der Waals surface area contributed by atoms with Crippen LogP contribution in [0.5, 0.6) is 5.75 Å². The molecule has 2 aromatic rings. The minimum Gasteiger partial charge on any atom is -0.490 e. The lowest BCUT2D eigenvalue weighted by atomic mass is 10.2. The number of rotatable bonds is 7. The van der Waals surface area contributed by atoms with Crippen LogP contribution >= 0.6 is 22.6 Å². The lowest BCUT2D eigenvalue weighted by molar-refractivity contribution is -0.123. The van der Waals surface area contributed by atoms with Crippen molar-refractivity contribution in [3.8, 4) is 5.75 Å². The summed E-state index contributed by atoms with van der Waals surface area (Å²) in [5.74, 6) is -0.0408. The number of nitrogens with zero attached hydrogens (tertiary/aromatic N) is 1. The van der Waals surface area contributed by atoms with Crippen LogP contribution in [0.15, 0.2) is 40.4 Å². The first kappa shape index (κ1) is 21.9. The smallest absolute Gasteiger partial charge is 0.373 e. The zero-order valence-electron chi connectivity index (χ0n) is 16.7. The number of ether oxygens (including phenoxy) is 2. The first-order valence-corrected chi connectivity index (χ1v) is 10.4. The third-order valence-electron chi connectivity index (χ3n) is 4.49. The summed E-state index contributed by atoms with van der Waals surface area (Å²) in [7, 11) is 1.24. The molecule has 2 heterocycles. The van der Waals surface area contributed by atoms with E-state index in [0.29, 0.717) is 5.76 Å². The van der Waals surface area contributed by atoms with Crippen molar-refractivity contribution in [3.05, 3.63) is 56.7 Å². The molecule has 8 nitrogen and oxygen atoms in total. The van der Waals surface area contributed by atoms with Gasteiger partial charge in [0, 0.05) is 0 Å². The molecule has 158 valence electrons. The van der Waals surface area contributed by atoms with E-state index in [2.05, 4.69) is 39.6 Å². The van der Waals surface area contributed by atoms with E-state index in [-0.39, 0.29) is 24.1 Å². The Labute approximate surface area is 187 Å². The Bertz CT molecular complexity index is 1010. The molecule has 0 unspecified atom stereocenters. The fraction of sp³-hybridized carbons (Fsp3) is 0.286. The number of halogens is 1. The van der Waals surface area contributed by atoms with Crippen LogP contribution in [0.4, 0.5) is 4.79 Å². The van der Waals surface area contributed by atoms with Crippen molar-refractivity contribution in [2.75, 3.05) is 7.11 Å². The second kappa shape index (κ2) is 9.33. The van der Waals surface area contributed by atoms with Crippen LogP contribution in [0.25, 0.3) is 6.08 Å². The zero-order valence-corrected chi connectivity index (χ0v) is 18.9. The summed E-state index contributed by atoms with van der Waals surface area (Å²) in [5.41, 5.74) is 0.915. The Kier molecular flexibility index (Phi) is 6.80. The molecule has 0 bridgehead atoms. The number of carbonyl (C=O) groups excluding carboxylic acids is 3. The molecule has 0 aliphatic carbocycles. The first-order valence-electron chi connectivity index (χ1n) is 9.30. The Hall–Kier alpha value is -2.82. The first-order chi connectivity index (χ1) is 14.3. The summed E-state index contributed by atoms with van der Waals surface area (Å²) in [6.07, 6.45) is 2.61. The number of hydrogen-bond donors (Lipinski definition) is 1. The summed E-state index contributed by atoms with van der Waals surface area (Å²) in [4.78, 5) is 37.4. The topological polar surface area (TPSA) is 98.1 Å². The largest absolute Gasteiger partial charge is 0.490 e. The zero-order chi connectivity index (χ0) is 21.8. The van der Waals surface area contributed by atoms with Gasteiger partial charge in [-0.25, -0.2) is 9.59 Å². The Balaban J connectivity index is 1.74. The number of benzene rings is 1. The van der Waals surface area contributed by atoms with E-state index < -0.39 is 17.9 Å². The average molecular weight is 524 g/mol. The molecule has 1 N–H and O–H groups in total. The maximum atomic E-state index is 12.7. The Morgan fingerprint density at radius 1 is 1.30 bits per heavy atom. The van der Waals surface area contributed by atoms with E-state index in [1.165, 1.54) is 19.2 Å². The molecule has 1 atom stereocenters. The van der Waals surface area contributed by atoms with E-state index in [0.717, 1.165) is 26.2 Å². The maximum absolute atomic E-state index is 12.7. The molecule has 9 heteroatoms. The summed E-state index contributed by atoms with van der Waals surface area (Å²) < 4.78 is 16.7. The van der Waals surface area contributed by atoms with Crippen molar-refractivity contribution >= 4 is 46.6 Å². The molecule has 1 saturated heterocycles. The van der Waals surface area contributed by atoms with Gasteiger partial charge in [-0.2, -0.15) is 0 Å². The normalized spacial score (nSPS) is 16.0. The Morgan fingerprint density at radius 2 is 2.07 bits per heavy atom. The fourth-order valence-electron chi connectivity index (χ4n) is 2.71. The number of carbonyl (C=O) groups is 3. The van der Waals surface area contributed by atoms with E-state index in [9.17, 15) is 14.4 Å². The molecule has 1 fully saturated rings. The minimum atomic E-state index is -0.630. The highest BCUT2D eigenvalue weighted by atomic mass is 127. The second-order valence-electron chi connectivity index (χ2n) is 6.66. The number of esters is 1. The lowest BCUT2D eigenvalue weighted by Gasteiger charge is -2.14. The van der Waals surface area contributed by atoms with Crippen molar-refractivity contribution in [2.24, 2.45) is 0 Å². The van der Waals surface area contributed by atoms with Crippen molar-refractivity contribution in [3.63, 3.8) is 0 Å². The van der Waals surface area contributed by atoms with Gasteiger partial charge in [-0.05, 0) is 71.8 Å². The monoisotopic (exact) mass is 524 g/mol. The summed E-state index contributed by atoms with van der Waals surface area (Å²) in [5, 5.41) is 2.57. The molecule has 1 aromatic heterocycles. The van der Waals surface area contributed by atoms with Crippen LogP contribution in [0, 0.1) is 3.57 Å². The maximum Gasteiger partial charge on any atom is 0.373 e. The summed E-state index contributed by atoms with van der Waals surface area (Å²) in [6, 6.07) is 7.94. The molecule has 1 aliphatic heterocycles. The number of furan rings is 1. The number of urea groups is 1. The van der Waals surface area contributed by atoms with Crippen LogP contribution in [0.2, 0.25) is 0 Å². The third kappa shape index (κ3) is 4.84.